The van der Waals surface area contributed by atoms with Gasteiger partial charge >= 0.3 is 6.18 Å². The van der Waals surface area contributed by atoms with Gasteiger partial charge in [-0.3, -0.25) is 4.84 Å². The average Bonchev–Trinajstić information content (AvgIpc) is 2.93. The van der Waals surface area contributed by atoms with Gasteiger partial charge in [0.15, 0.2) is 0 Å². The number of alkyl halides is 3. The molecule has 1 heterocycles. The third-order valence-corrected chi connectivity index (χ3v) is 4.80. The lowest BCUT2D eigenvalue weighted by atomic mass is 10.0. The largest absolute Gasteiger partial charge is 0.432 e. The molecule has 26 heavy (non-hydrogen) atoms. The van der Waals surface area contributed by atoms with E-state index in [0.29, 0.717) is 23.7 Å². The minimum atomic E-state index is -4.64. The van der Waals surface area contributed by atoms with E-state index in [1.807, 2.05) is 19.9 Å². The molecule has 0 saturated carbocycles. The zero-order chi connectivity index (χ0) is 19.5. The van der Waals surface area contributed by atoms with E-state index >= 15 is 0 Å². The van der Waals surface area contributed by atoms with Crippen molar-refractivity contribution in [1.29, 1.82) is 5.26 Å². The van der Waals surface area contributed by atoms with Crippen molar-refractivity contribution < 1.29 is 18.0 Å². The number of benzene rings is 1. The Hall–Kier alpha value is -1.53. The molecule has 1 unspecified atom stereocenters. The normalized spacial score (nSPS) is 13.0. The highest BCUT2D eigenvalue weighted by Crippen LogP contribution is 2.41. The molecule has 0 aliphatic rings. The third-order valence-electron chi connectivity index (χ3n) is 3.76. The second-order valence-corrected chi connectivity index (χ2v) is 6.59. The first-order valence-electron chi connectivity index (χ1n) is 7.78. The number of H-pyrrole nitrogens is 1. The van der Waals surface area contributed by atoms with Crippen LogP contribution in [0.25, 0.3) is 0 Å². The maximum absolute atomic E-state index is 13.3. The lowest BCUT2D eigenvalue weighted by Crippen LogP contribution is -2.27. The number of hydroxylamine groups is 2. The quantitative estimate of drug-likeness (QED) is 0.576. The van der Waals surface area contributed by atoms with Gasteiger partial charge in [-0.25, -0.2) is 0 Å². The summed E-state index contributed by atoms with van der Waals surface area (Å²) in [5, 5.41) is 11.5. The van der Waals surface area contributed by atoms with Crippen LogP contribution < -0.4 is 0 Å². The number of aromatic amines is 1. The fraction of sp³-hybridized carbons (Fsp3) is 0.353. The molecule has 0 aliphatic carbocycles. The number of hydrogen-bond acceptors (Lipinski definition) is 3. The van der Waals surface area contributed by atoms with Crippen LogP contribution in [0.2, 0.25) is 5.02 Å². The summed E-state index contributed by atoms with van der Waals surface area (Å²) in [6.07, 6.45) is -5.56. The summed E-state index contributed by atoms with van der Waals surface area (Å²) < 4.78 is 39.4. The van der Waals surface area contributed by atoms with Crippen molar-refractivity contribution in [3.63, 3.8) is 0 Å². The SMILES string of the molecule is CCN(CC)OC(c1ccc(Cl)cc1)c1[nH]c(C(F)(F)F)c(Br)c1C#N. The average molecular weight is 451 g/mol. The number of nitriles is 1. The summed E-state index contributed by atoms with van der Waals surface area (Å²) in [7, 11) is 0. The van der Waals surface area contributed by atoms with Crippen LogP contribution in [-0.4, -0.2) is 23.1 Å². The Morgan fingerprint density at radius 1 is 1.27 bits per heavy atom. The summed E-state index contributed by atoms with van der Waals surface area (Å²) in [6.45, 7) is 4.77. The van der Waals surface area contributed by atoms with Gasteiger partial charge in [0.2, 0.25) is 0 Å². The van der Waals surface area contributed by atoms with Crippen LogP contribution in [0.4, 0.5) is 13.2 Å². The van der Waals surface area contributed by atoms with Crippen molar-refractivity contribution in [1.82, 2.24) is 10.0 Å². The first-order valence-corrected chi connectivity index (χ1v) is 8.95. The first kappa shape index (κ1) is 20.8. The summed E-state index contributed by atoms with van der Waals surface area (Å²) in [5.41, 5.74) is -0.572. The molecule has 9 heteroatoms. The Balaban J connectivity index is 2.62. The lowest BCUT2D eigenvalue weighted by molar-refractivity contribution is -0.184. The molecule has 1 atom stereocenters. The summed E-state index contributed by atoms with van der Waals surface area (Å²) in [5.74, 6) is 0. The number of hydrogen-bond donors (Lipinski definition) is 1. The van der Waals surface area contributed by atoms with Gasteiger partial charge in [0.25, 0.3) is 0 Å². The number of rotatable bonds is 6. The Morgan fingerprint density at radius 3 is 2.31 bits per heavy atom. The number of halogens is 5. The highest BCUT2D eigenvalue weighted by atomic mass is 79.9. The Morgan fingerprint density at radius 2 is 1.85 bits per heavy atom. The molecule has 2 rings (SSSR count). The van der Waals surface area contributed by atoms with Crippen LogP contribution in [0.1, 0.15) is 42.5 Å². The number of nitrogens with one attached hydrogen (secondary N) is 1. The molecule has 0 bridgehead atoms. The molecule has 2 aromatic rings. The van der Waals surface area contributed by atoms with Crippen molar-refractivity contribution in [2.45, 2.75) is 26.1 Å². The standard InChI is InChI=1S/C17H16BrClF3N3O/c1-3-25(4-2)26-15(10-5-7-11(19)8-6-10)14-12(9-23)13(18)16(24-14)17(20,21)22/h5-8,15,24H,3-4H2,1-2H3. The Labute approximate surface area is 162 Å². The predicted octanol–water partition coefficient (Wildman–Crippen LogP) is 5.68. The second-order valence-electron chi connectivity index (χ2n) is 5.36. The zero-order valence-electron chi connectivity index (χ0n) is 14.0. The Bertz CT molecular complexity index is 795. The van der Waals surface area contributed by atoms with Crippen molar-refractivity contribution >= 4 is 27.5 Å². The van der Waals surface area contributed by atoms with Crippen LogP contribution in [0.5, 0.6) is 0 Å². The molecule has 1 N–H and O–H groups in total. The van der Waals surface area contributed by atoms with E-state index in [1.54, 1.807) is 29.3 Å². The van der Waals surface area contributed by atoms with Gasteiger partial charge < -0.3 is 4.98 Å². The van der Waals surface area contributed by atoms with Crippen LogP contribution in [0.15, 0.2) is 28.7 Å². The van der Waals surface area contributed by atoms with Crippen LogP contribution in [0, 0.1) is 11.3 Å². The molecular weight excluding hydrogens is 435 g/mol. The fourth-order valence-electron chi connectivity index (χ4n) is 2.44. The summed E-state index contributed by atoms with van der Waals surface area (Å²) in [4.78, 5) is 8.23. The van der Waals surface area contributed by atoms with Crippen molar-refractivity contribution in [2.24, 2.45) is 0 Å². The highest BCUT2D eigenvalue weighted by Gasteiger charge is 2.39. The molecule has 0 amide bonds. The molecule has 140 valence electrons. The number of aromatic nitrogens is 1. The van der Waals surface area contributed by atoms with E-state index in [2.05, 4.69) is 20.9 Å². The third kappa shape index (κ3) is 4.41. The van der Waals surface area contributed by atoms with E-state index in [-0.39, 0.29) is 15.7 Å². The molecule has 0 spiro atoms. The maximum Gasteiger partial charge on any atom is 0.432 e. The van der Waals surface area contributed by atoms with Crippen LogP contribution in [0.3, 0.4) is 0 Å². The van der Waals surface area contributed by atoms with E-state index in [4.69, 9.17) is 16.4 Å². The summed E-state index contributed by atoms with van der Waals surface area (Å²) >= 11 is 8.79. The van der Waals surface area contributed by atoms with Gasteiger partial charge in [-0.15, -0.1) is 0 Å². The van der Waals surface area contributed by atoms with E-state index in [9.17, 15) is 18.4 Å². The van der Waals surface area contributed by atoms with Crippen molar-refractivity contribution in [3.05, 3.63) is 56.3 Å². The molecule has 0 saturated heterocycles. The lowest BCUT2D eigenvalue weighted by Gasteiger charge is -2.25. The minimum Gasteiger partial charge on any atom is -0.350 e. The van der Waals surface area contributed by atoms with Gasteiger partial charge in [-0.05, 0) is 33.6 Å². The molecule has 0 fully saturated rings. The maximum atomic E-state index is 13.3. The predicted molar refractivity (Wildman–Crippen MR) is 95.5 cm³/mol. The number of nitrogens with zero attached hydrogens (tertiary/aromatic N) is 2. The van der Waals surface area contributed by atoms with E-state index in [1.165, 1.54) is 0 Å². The van der Waals surface area contributed by atoms with Crippen LogP contribution >= 0.6 is 27.5 Å². The van der Waals surface area contributed by atoms with E-state index < -0.39 is 18.0 Å². The van der Waals surface area contributed by atoms with Gasteiger partial charge in [0.1, 0.15) is 17.9 Å². The topological polar surface area (TPSA) is 52.0 Å². The highest BCUT2D eigenvalue weighted by molar-refractivity contribution is 9.10. The molecule has 0 radical (unpaired) electrons. The summed E-state index contributed by atoms with van der Waals surface area (Å²) in [6, 6.07) is 8.36. The van der Waals surface area contributed by atoms with Gasteiger partial charge in [0, 0.05) is 18.1 Å². The van der Waals surface area contributed by atoms with Gasteiger partial charge in [0.05, 0.1) is 15.7 Å². The smallest absolute Gasteiger partial charge is 0.350 e. The molecular formula is C17H16BrClF3N3O. The monoisotopic (exact) mass is 449 g/mol. The van der Waals surface area contributed by atoms with Crippen LogP contribution in [-0.2, 0) is 11.0 Å². The second kappa shape index (κ2) is 8.44. The van der Waals surface area contributed by atoms with Gasteiger partial charge in [-0.1, -0.05) is 37.6 Å². The Kier molecular flexibility index (Phi) is 6.74. The molecule has 4 nitrogen and oxygen atoms in total. The fourth-order valence-corrected chi connectivity index (χ4v) is 3.19. The van der Waals surface area contributed by atoms with Gasteiger partial charge in [-0.2, -0.15) is 23.5 Å². The molecule has 1 aromatic carbocycles. The van der Waals surface area contributed by atoms with Crippen molar-refractivity contribution in [2.75, 3.05) is 13.1 Å². The molecule has 1 aromatic heterocycles. The zero-order valence-corrected chi connectivity index (χ0v) is 16.3. The minimum absolute atomic E-state index is 0.0286. The van der Waals surface area contributed by atoms with Crippen molar-refractivity contribution in [3.8, 4) is 6.07 Å². The first-order chi connectivity index (χ1) is 12.2. The van der Waals surface area contributed by atoms with E-state index in [0.717, 1.165) is 0 Å². The molecule has 0 aliphatic heterocycles.